The molecule has 4 rings (SSSR count). The van der Waals surface area contributed by atoms with Crippen LogP contribution < -0.4 is 0 Å². The summed E-state index contributed by atoms with van der Waals surface area (Å²) in [4.78, 5) is 17.6. The molecule has 0 N–H and O–H groups in total. The van der Waals surface area contributed by atoms with Gasteiger partial charge in [0.05, 0.1) is 9.21 Å². The van der Waals surface area contributed by atoms with Crippen LogP contribution in [0.4, 0.5) is 0 Å². The monoisotopic (exact) mass is 370 g/mol. The lowest BCUT2D eigenvalue weighted by molar-refractivity contribution is 0.0633. The van der Waals surface area contributed by atoms with Crippen LogP contribution in [0.3, 0.4) is 0 Å². The number of hydrogen-bond acceptors (Lipinski definition) is 3. The van der Waals surface area contributed by atoms with Crippen LogP contribution >= 0.6 is 22.9 Å². The molecule has 128 valence electrons. The first-order valence-corrected chi connectivity index (χ1v) is 9.64. The summed E-state index contributed by atoms with van der Waals surface area (Å²) in [6.07, 6.45) is 0. The van der Waals surface area contributed by atoms with Gasteiger partial charge >= 0.3 is 0 Å². The summed E-state index contributed by atoms with van der Waals surface area (Å²) in [5.41, 5.74) is 1.35. The van der Waals surface area contributed by atoms with E-state index in [0.29, 0.717) is 4.34 Å². The molecule has 3 nitrogen and oxygen atoms in total. The molecule has 2 aromatic carbocycles. The predicted molar refractivity (Wildman–Crippen MR) is 104 cm³/mol. The van der Waals surface area contributed by atoms with E-state index in [4.69, 9.17) is 11.6 Å². The van der Waals surface area contributed by atoms with E-state index >= 15 is 0 Å². The van der Waals surface area contributed by atoms with Crippen molar-refractivity contribution in [2.45, 2.75) is 6.54 Å². The molecular weight excluding hydrogens is 352 g/mol. The molecule has 1 aliphatic rings. The first kappa shape index (κ1) is 16.6. The molecule has 5 heteroatoms. The first-order chi connectivity index (χ1) is 12.2. The van der Waals surface area contributed by atoms with Gasteiger partial charge in [-0.15, -0.1) is 11.3 Å². The molecule has 1 amide bonds. The summed E-state index contributed by atoms with van der Waals surface area (Å²) in [5.74, 6) is 0.0988. The van der Waals surface area contributed by atoms with Gasteiger partial charge in [-0.1, -0.05) is 54.1 Å². The van der Waals surface area contributed by atoms with Crippen LogP contribution in [0.5, 0.6) is 0 Å². The third-order valence-corrected chi connectivity index (χ3v) is 5.94. The average Bonchev–Trinajstić information content (AvgIpc) is 3.08. The predicted octanol–water partition coefficient (Wildman–Crippen LogP) is 4.51. The second kappa shape index (κ2) is 7.16. The lowest BCUT2D eigenvalue weighted by atomic mass is 10.0. The smallest absolute Gasteiger partial charge is 0.264 e. The lowest BCUT2D eigenvalue weighted by Gasteiger charge is -2.34. The molecule has 0 aliphatic carbocycles. The van der Waals surface area contributed by atoms with Gasteiger partial charge in [-0.05, 0) is 28.5 Å². The van der Waals surface area contributed by atoms with Crippen LogP contribution in [-0.2, 0) is 6.54 Å². The molecule has 0 bridgehead atoms. The Kier molecular flexibility index (Phi) is 4.75. The van der Waals surface area contributed by atoms with E-state index in [1.165, 1.54) is 27.7 Å². The molecule has 1 aliphatic heterocycles. The minimum atomic E-state index is 0.0988. The number of nitrogens with zero attached hydrogens (tertiary/aromatic N) is 2. The third kappa shape index (κ3) is 3.56. The zero-order valence-corrected chi connectivity index (χ0v) is 15.4. The fourth-order valence-corrected chi connectivity index (χ4v) is 4.38. The normalized spacial score (nSPS) is 15.6. The van der Waals surface area contributed by atoms with Crippen molar-refractivity contribution in [3.8, 4) is 0 Å². The van der Waals surface area contributed by atoms with Crippen molar-refractivity contribution in [2.24, 2.45) is 0 Å². The maximum absolute atomic E-state index is 12.5. The number of benzene rings is 2. The van der Waals surface area contributed by atoms with Gasteiger partial charge in [0.2, 0.25) is 0 Å². The second-order valence-corrected chi connectivity index (χ2v) is 8.03. The molecular formula is C20H19ClN2OS. The summed E-state index contributed by atoms with van der Waals surface area (Å²) < 4.78 is 0.665. The van der Waals surface area contributed by atoms with Crippen molar-refractivity contribution < 1.29 is 4.79 Å². The number of rotatable bonds is 3. The van der Waals surface area contributed by atoms with Gasteiger partial charge in [0.1, 0.15) is 0 Å². The highest BCUT2D eigenvalue weighted by molar-refractivity contribution is 7.17. The van der Waals surface area contributed by atoms with Crippen LogP contribution in [0.1, 0.15) is 15.2 Å². The Morgan fingerprint density at radius 3 is 2.48 bits per heavy atom. The van der Waals surface area contributed by atoms with Crippen molar-refractivity contribution in [3.05, 3.63) is 69.4 Å². The quantitative estimate of drug-likeness (QED) is 0.677. The molecule has 2 heterocycles. The Hall–Kier alpha value is -1.88. The van der Waals surface area contributed by atoms with Crippen molar-refractivity contribution in [1.82, 2.24) is 9.80 Å². The zero-order chi connectivity index (χ0) is 17.2. The molecule has 0 spiro atoms. The molecule has 1 aromatic heterocycles. The fourth-order valence-electron chi connectivity index (χ4n) is 3.37. The van der Waals surface area contributed by atoms with Crippen molar-refractivity contribution in [1.29, 1.82) is 0 Å². The number of halogens is 1. The number of fused-ring (bicyclic) bond motifs is 1. The fraction of sp³-hybridized carbons (Fsp3) is 0.250. The van der Waals surface area contributed by atoms with E-state index in [1.54, 1.807) is 6.07 Å². The van der Waals surface area contributed by atoms with E-state index in [9.17, 15) is 4.79 Å². The molecule has 25 heavy (non-hydrogen) atoms. The highest BCUT2D eigenvalue weighted by Crippen LogP contribution is 2.24. The minimum absolute atomic E-state index is 0.0988. The Morgan fingerprint density at radius 1 is 0.960 bits per heavy atom. The lowest BCUT2D eigenvalue weighted by Crippen LogP contribution is -2.48. The van der Waals surface area contributed by atoms with Crippen LogP contribution in [-0.4, -0.2) is 41.9 Å². The molecule has 0 saturated carbocycles. The number of hydrogen-bond donors (Lipinski definition) is 0. The Balaban J connectivity index is 1.41. The second-order valence-electron chi connectivity index (χ2n) is 6.31. The van der Waals surface area contributed by atoms with E-state index in [1.807, 2.05) is 11.0 Å². The largest absolute Gasteiger partial charge is 0.335 e. The molecule has 0 atom stereocenters. The molecule has 1 fully saturated rings. The van der Waals surface area contributed by atoms with Gasteiger partial charge in [-0.25, -0.2) is 0 Å². The van der Waals surface area contributed by atoms with Crippen molar-refractivity contribution in [2.75, 3.05) is 26.2 Å². The molecule has 0 unspecified atom stereocenters. The van der Waals surface area contributed by atoms with Crippen molar-refractivity contribution in [3.63, 3.8) is 0 Å². The molecule has 3 aromatic rings. The average molecular weight is 371 g/mol. The topological polar surface area (TPSA) is 23.6 Å². The van der Waals surface area contributed by atoms with Gasteiger partial charge < -0.3 is 4.90 Å². The first-order valence-electron chi connectivity index (χ1n) is 8.44. The Bertz CT molecular complexity index is 894. The summed E-state index contributed by atoms with van der Waals surface area (Å²) in [6, 6.07) is 18.6. The molecule has 1 saturated heterocycles. The van der Waals surface area contributed by atoms with Gasteiger partial charge in [0.25, 0.3) is 5.91 Å². The maximum Gasteiger partial charge on any atom is 0.264 e. The minimum Gasteiger partial charge on any atom is -0.335 e. The highest BCUT2D eigenvalue weighted by atomic mass is 35.5. The van der Waals surface area contributed by atoms with Crippen LogP contribution in [0, 0.1) is 0 Å². The SMILES string of the molecule is O=C(c1ccc(Cl)s1)N1CCN(Cc2cccc3ccccc23)CC1. The van der Waals surface area contributed by atoms with Crippen LogP contribution in [0.15, 0.2) is 54.6 Å². The Labute approximate surface area is 156 Å². The summed E-state index contributed by atoms with van der Waals surface area (Å²) in [5, 5.41) is 2.60. The van der Waals surface area contributed by atoms with Crippen LogP contribution in [0.25, 0.3) is 10.8 Å². The number of carbonyl (C=O) groups excluding carboxylic acids is 1. The number of amides is 1. The van der Waals surface area contributed by atoms with Crippen LogP contribution in [0.2, 0.25) is 4.34 Å². The van der Waals surface area contributed by atoms with E-state index < -0.39 is 0 Å². The standard InChI is InChI=1S/C20H19ClN2OS/c21-19-9-8-18(25-19)20(24)23-12-10-22(11-13-23)14-16-6-3-5-15-4-1-2-7-17(15)16/h1-9H,10-14H2. The maximum atomic E-state index is 12.5. The van der Waals surface area contributed by atoms with Gasteiger partial charge in [0.15, 0.2) is 0 Å². The van der Waals surface area contributed by atoms with E-state index in [-0.39, 0.29) is 5.91 Å². The highest BCUT2D eigenvalue weighted by Gasteiger charge is 2.23. The molecule has 0 radical (unpaired) electrons. The van der Waals surface area contributed by atoms with Crippen molar-refractivity contribution >= 4 is 39.6 Å². The van der Waals surface area contributed by atoms with Gasteiger partial charge in [-0.3, -0.25) is 9.69 Å². The summed E-state index contributed by atoms with van der Waals surface area (Å²) in [6.45, 7) is 4.24. The van der Waals surface area contributed by atoms with Gasteiger partial charge in [-0.2, -0.15) is 0 Å². The Morgan fingerprint density at radius 2 is 1.72 bits per heavy atom. The summed E-state index contributed by atoms with van der Waals surface area (Å²) >= 11 is 7.30. The number of thiophene rings is 1. The van der Waals surface area contributed by atoms with Gasteiger partial charge in [0, 0.05) is 32.7 Å². The summed E-state index contributed by atoms with van der Waals surface area (Å²) in [7, 11) is 0. The number of carbonyl (C=O) groups is 1. The van der Waals surface area contributed by atoms with E-state index in [2.05, 4.69) is 47.4 Å². The zero-order valence-electron chi connectivity index (χ0n) is 13.8. The number of piperazine rings is 1. The van der Waals surface area contributed by atoms with E-state index in [0.717, 1.165) is 37.6 Å². The third-order valence-electron chi connectivity index (χ3n) is 4.72.